The number of ether oxygens (including phenoxy) is 2. The number of rotatable bonds is 8. The molecule has 1 aliphatic heterocycles. The lowest BCUT2D eigenvalue weighted by molar-refractivity contribution is 0.174. The van der Waals surface area contributed by atoms with Gasteiger partial charge < -0.3 is 14.8 Å². The minimum absolute atomic E-state index is 0.163. The second kappa shape index (κ2) is 6.97. The summed E-state index contributed by atoms with van der Waals surface area (Å²) < 4.78 is 38.6. The van der Waals surface area contributed by atoms with Crippen LogP contribution in [0.4, 0.5) is 5.69 Å². The summed E-state index contributed by atoms with van der Waals surface area (Å²) in [5.41, 5.74) is 0.456. The van der Waals surface area contributed by atoms with Crippen LogP contribution in [0.25, 0.3) is 0 Å². The highest BCUT2D eigenvalue weighted by atomic mass is 32.2. The fraction of sp³-hybridized carbons (Fsp3) is 0.538. The number of benzene rings is 1. The maximum Gasteiger partial charge on any atom is 0.301 e. The van der Waals surface area contributed by atoms with Crippen LogP contribution >= 0.6 is 0 Å². The van der Waals surface area contributed by atoms with Crippen molar-refractivity contribution in [2.24, 2.45) is 0 Å². The van der Waals surface area contributed by atoms with Crippen molar-refractivity contribution in [2.45, 2.75) is 13.3 Å². The Labute approximate surface area is 125 Å². The summed E-state index contributed by atoms with van der Waals surface area (Å²) in [6.07, 6.45) is 0.756. The van der Waals surface area contributed by atoms with Crippen LogP contribution in [-0.4, -0.2) is 46.2 Å². The van der Waals surface area contributed by atoms with E-state index in [0.29, 0.717) is 23.7 Å². The molecule has 0 aromatic heterocycles. The van der Waals surface area contributed by atoms with E-state index in [1.807, 2.05) is 6.92 Å². The summed E-state index contributed by atoms with van der Waals surface area (Å²) in [5.74, 6) is 1.17. The molecule has 21 heavy (non-hydrogen) atoms. The van der Waals surface area contributed by atoms with E-state index in [1.54, 1.807) is 25.2 Å². The molecule has 1 aromatic rings. The third kappa shape index (κ3) is 4.23. The van der Waals surface area contributed by atoms with Gasteiger partial charge in [-0.05, 0) is 31.6 Å². The Morgan fingerprint density at radius 3 is 2.81 bits per heavy atom. The smallest absolute Gasteiger partial charge is 0.301 e. The van der Waals surface area contributed by atoms with E-state index in [0.717, 1.165) is 19.5 Å². The largest absolute Gasteiger partial charge is 0.454 e. The zero-order valence-corrected chi connectivity index (χ0v) is 13.1. The van der Waals surface area contributed by atoms with Crippen molar-refractivity contribution in [3.8, 4) is 11.5 Å². The van der Waals surface area contributed by atoms with E-state index in [4.69, 9.17) is 9.47 Å². The van der Waals surface area contributed by atoms with E-state index < -0.39 is 10.2 Å². The third-order valence-electron chi connectivity index (χ3n) is 3.11. The fourth-order valence-electron chi connectivity index (χ4n) is 1.91. The van der Waals surface area contributed by atoms with Gasteiger partial charge in [-0.3, -0.25) is 4.72 Å². The molecule has 8 heteroatoms. The molecule has 1 aliphatic rings. The quantitative estimate of drug-likeness (QED) is 0.700. The molecule has 0 atom stereocenters. The minimum atomic E-state index is -3.56. The van der Waals surface area contributed by atoms with Crippen molar-refractivity contribution in [1.29, 1.82) is 0 Å². The second-order valence-corrected chi connectivity index (χ2v) is 6.48. The average molecular weight is 315 g/mol. The highest BCUT2D eigenvalue weighted by Crippen LogP contribution is 2.34. The number of nitrogens with one attached hydrogen (secondary N) is 2. The minimum Gasteiger partial charge on any atom is -0.454 e. The monoisotopic (exact) mass is 315 g/mol. The number of anilines is 1. The van der Waals surface area contributed by atoms with Crippen LogP contribution in [0.5, 0.6) is 11.5 Å². The average Bonchev–Trinajstić information content (AvgIpc) is 2.90. The first-order chi connectivity index (χ1) is 10.0. The normalized spacial score (nSPS) is 13.7. The van der Waals surface area contributed by atoms with Crippen LogP contribution in [0.3, 0.4) is 0 Å². The van der Waals surface area contributed by atoms with Gasteiger partial charge in [0.1, 0.15) is 0 Å². The first-order valence-corrected chi connectivity index (χ1v) is 8.31. The van der Waals surface area contributed by atoms with Gasteiger partial charge in [0.25, 0.3) is 0 Å². The van der Waals surface area contributed by atoms with Crippen LogP contribution in [-0.2, 0) is 10.2 Å². The van der Waals surface area contributed by atoms with Crippen LogP contribution < -0.4 is 19.5 Å². The van der Waals surface area contributed by atoms with Gasteiger partial charge in [-0.2, -0.15) is 12.7 Å². The predicted molar refractivity (Wildman–Crippen MR) is 80.9 cm³/mol. The Morgan fingerprint density at radius 2 is 2.05 bits per heavy atom. The SMILES string of the molecule is CCNCCCN(C)S(=O)(=O)Nc1ccc2c(c1)OCO2. The molecule has 1 aromatic carbocycles. The molecule has 0 saturated heterocycles. The second-order valence-electron chi connectivity index (χ2n) is 4.70. The lowest BCUT2D eigenvalue weighted by atomic mass is 10.3. The topological polar surface area (TPSA) is 79.9 Å². The van der Waals surface area contributed by atoms with Crippen LogP contribution in [0.1, 0.15) is 13.3 Å². The fourth-order valence-corrected chi connectivity index (χ4v) is 2.86. The van der Waals surface area contributed by atoms with Crippen LogP contribution in [0.15, 0.2) is 18.2 Å². The van der Waals surface area contributed by atoms with Crippen molar-refractivity contribution in [1.82, 2.24) is 9.62 Å². The van der Waals surface area contributed by atoms with Gasteiger partial charge in [0.05, 0.1) is 5.69 Å². The molecule has 0 radical (unpaired) electrons. The molecule has 0 aliphatic carbocycles. The van der Waals surface area contributed by atoms with Crippen molar-refractivity contribution in [3.05, 3.63) is 18.2 Å². The lowest BCUT2D eigenvalue weighted by Gasteiger charge is -2.18. The number of hydrogen-bond acceptors (Lipinski definition) is 5. The number of nitrogens with zero attached hydrogens (tertiary/aromatic N) is 1. The summed E-state index contributed by atoms with van der Waals surface area (Å²) in [7, 11) is -2.00. The van der Waals surface area contributed by atoms with E-state index in [2.05, 4.69) is 10.0 Å². The number of fused-ring (bicyclic) bond motifs is 1. The Hall–Kier alpha value is -1.51. The zero-order valence-electron chi connectivity index (χ0n) is 12.3. The highest BCUT2D eigenvalue weighted by molar-refractivity contribution is 7.90. The van der Waals surface area contributed by atoms with Crippen molar-refractivity contribution in [3.63, 3.8) is 0 Å². The van der Waals surface area contributed by atoms with Crippen molar-refractivity contribution >= 4 is 15.9 Å². The molecular weight excluding hydrogens is 294 g/mol. The zero-order chi connectivity index (χ0) is 15.3. The molecule has 0 unspecified atom stereocenters. The molecule has 0 amide bonds. The summed E-state index contributed by atoms with van der Waals surface area (Å²) in [5, 5.41) is 3.16. The van der Waals surface area contributed by atoms with Gasteiger partial charge in [0.2, 0.25) is 6.79 Å². The molecule has 118 valence electrons. The van der Waals surface area contributed by atoms with E-state index in [1.165, 1.54) is 4.31 Å². The molecule has 7 nitrogen and oxygen atoms in total. The Kier molecular flexibility index (Phi) is 5.27. The Balaban J connectivity index is 1.93. The standard InChI is InChI=1S/C13H21N3O4S/c1-3-14-7-4-8-16(2)21(17,18)15-11-5-6-12-13(9-11)20-10-19-12/h5-6,9,14-15H,3-4,7-8,10H2,1-2H3. The maximum atomic E-state index is 12.2. The summed E-state index contributed by atoms with van der Waals surface area (Å²) in [6.45, 7) is 4.30. The van der Waals surface area contributed by atoms with Gasteiger partial charge in [-0.25, -0.2) is 0 Å². The third-order valence-corrected chi connectivity index (χ3v) is 4.60. The summed E-state index contributed by atoms with van der Waals surface area (Å²) in [6, 6.07) is 4.95. The molecule has 2 N–H and O–H groups in total. The predicted octanol–water partition coefficient (Wildman–Crippen LogP) is 1.00. The van der Waals surface area contributed by atoms with E-state index >= 15 is 0 Å². The van der Waals surface area contributed by atoms with E-state index in [-0.39, 0.29) is 6.79 Å². The Morgan fingerprint density at radius 1 is 1.29 bits per heavy atom. The summed E-state index contributed by atoms with van der Waals surface area (Å²) in [4.78, 5) is 0. The maximum absolute atomic E-state index is 12.2. The van der Waals surface area contributed by atoms with Gasteiger partial charge in [0.15, 0.2) is 11.5 Å². The lowest BCUT2D eigenvalue weighted by Crippen LogP contribution is -2.34. The first-order valence-electron chi connectivity index (χ1n) is 6.87. The van der Waals surface area contributed by atoms with Crippen molar-refractivity contribution < 1.29 is 17.9 Å². The van der Waals surface area contributed by atoms with Gasteiger partial charge in [0, 0.05) is 19.7 Å². The van der Waals surface area contributed by atoms with E-state index in [9.17, 15) is 8.42 Å². The molecule has 2 rings (SSSR count). The molecule has 0 spiro atoms. The highest BCUT2D eigenvalue weighted by Gasteiger charge is 2.19. The molecule has 0 fully saturated rings. The van der Waals surface area contributed by atoms with Gasteiger partial charge in [-0.15, -0.1) is 0 Å². The first kappa shape index (κ1) is 15.9. The van der Waals surface area contributed by atoms with Crippen LogP contribution in [0, 0.1) is 0 Å². The van der Waals surface area contributed by atoms with Gasteiger partial charge >= 0.3 is 10.2 Å². The van der Waals surface area contributed by atoms with Crippen molar-refractivity contribution in [2.75, 3.05) is 38.2 Å². The van der Waals surface area contributed by atoms with Gasteiger partial charge in [-0.1, -0.05) is 6.92 Å². The summed E-state index contributed by atoms with van der Waals surface area (Å²) >= 11 is 0. The molecule has 0 saturated carbocycles. The molecular formula is C13H21N3O4S. The Bertz CT molecular complexity index is 577. The number of hydrogen-bond donors (Lipinski definition) is 2. The van der Waals surface area contributed by atoms with Crippen LogP contribution in [0.2, 0.25) is 0 Å². The molecule has 0 bridgehead atoms. The molecule has 1 heterocycles.